The van der Waals surface area contributed by atoms with Crippen LogP contribution in [0, 0.1) is 11.3 Å². The van der Waals surface area contributed by atoms with E-state index in [-0.39, 0.29) is 5.41 Å². The van der Waals surface area contributed by atoms with Crippen molar-refractivity contribution in [1.82, 2.24) is 0 Å². The fourth-order valence-electron chi connectivity index (χ4n) is 9.86. The lowest BCUT2D eigenvalue weighted by Gasteiger charge is -2.36. The first-order valence-electron chi connectivity index (χ1n) is 33.9. The van der Waals surface area contributed by atoms with Crippen LogP contribution in [0.1, 0.15) is 190 Å². The number of fused-ring (bicyclic) bond motifs is 1. The van der Waals surface area contributed by atoms with Crippen molar-refractivity contribution < 1.29 is 94.7 Å². The first-order chi connectivity index (χ1) is 44.6. The van der Waals surface area contributed by atoms with Crippen molar-refractivity contribution in [3.8, 4) is 0 Å². The van der Waals surface area contributed by atoms with Gasteiger partial charge in [-0.1, -0.05) is 20.8 Å². The molecule has 0 aromatic heterocycles. The SMILES string of the molecule is C1=COCCCCO1.C1=COCCCO1.C1CC2=C(C1)OC1CCCCC1O2.C1CCC2=C(C1)OCCO2.C1COC2=C(CCCC2)OC1.CC1(C)COC=COC1.CC1=C(C)OCCCO1.CC1=COCCCO1.CC1CCOC=CO1.CC1COC=COC1. The summed E-state index contributed by atoms with van der Waals surface area (Å²) in [7, 11) is 0. The molecule has 0 saturated heterocycles. The topological polar surface area (TPSA) is 185 Å². The van der Waals surface area contributed by atoms with Crippen molar-refractivity contribution in [2.45, 2.75) is 208 Å². The summed E-state index contributed by atoms with van der Waals surface area (Å²) in [6.07, 6.45) is 43.7. The highest BCUT2D eigenvalue weighted by Gasteiger charge is 2.36. The number of hydrogen-bond donors (Lipinski definition) is 0. The summed E-state index contributed by atoms with van der Waals surface area (Å²) in [5.74, 6) is 10.1. The lowest BCUT2D eigenvalue weighted by molar-refractivity contribution is -0.0816. The summed E-state index contributed by atoms with van der Waals surface area (Å²) < 4.78 is 105. The van der Waals surface area contributed by atoms with Crippen molar-refractivity contribution in [2.24, 2.45) is 11.3 Å². The monoisotopic (exact) mass is 1290 g/mol. The minimum atomic E-state index is 0.156. The molecule has 0 aromatic carbocycles. The van der Waals surface area contributed by atoms with Crippen molar-refractivity contribution in [3.05, 3.63) is 121 Å². The Balaban J connectivity index is 0.000000185. The molecule has 1 fully saturated rings. The third-order valence-corrected chi connectivity index (χ3v) is 15.1. The molecule has 4 aliphatic carbocycles. The molecular weight excluding hydrogens is 1170 g/mol. The van der Waals surface area contributed by atoms with Gasteiger partial charge in [-0.05, 0) is 98.3 Å². The molecule has 91 heavy (non-hydrogen) atoms. The largest absolute Gasteiger partial charge is 0.498 e. The Bertz CT molecular complexity index is 2120. The van der Waals surface area contributed by atoms with Gasteiger partial charge in [0.25, 0.3) is 0 Å². The number of hydrogen-bond acceptors (Lipinski definition) is 20. The van der Waals surface area contributed by atoms with Gasteiger partial charge in [-0.2, -0.15) is 0 Å². The fourth-order valence-corrected chi connectivity index (χ4v) is 9.86. The van der Waals surface area contributed by atoms with E-state index in [0.717, 1.165) is 236 Å². The molecule has 3 unspecified atom stereocenters. The third kappa shape index (κ3) is 35.7. The second-order valence-corrected chi connectivity index (χ2v) is 24.2. The molecule has 20 heteroatoms. The lowest BCUT2D eigenvalue weighted by Crippen LogP contribution is -2.37. The van der Waals surface area contributed by atoms with Gasteiger partial charge in [0, 0.05) is 82.0 Å². The van der Waals surface area contributed by atoms with Crippen LogP contribution in [-0.4, -0.2) is 131 Å². The molecule has 518 valence electrons. The van der Waals surface area contributed by atoms with Crippen LogP contribution >= 0.6 is 0 Å². The minimum absolute atomic E-state index is 0.156. The highest BCUT2D eigenvalue weighted by molar-refractivity contribution is 5.12. The smallest absolute Gasteiger partial charge is 0.135 e. The molecular formula is C71H114O20. The normalized spacial score (nSPS) is 24.7. The molecule has 20 nitrogen and oxygen atoms in total. The van der Waals surface area contributed by atoms with E-state index < -0.39 is 0 Å². The van der Waals surface area contributed by atoms with Gasteiger partial charge in [0.2, 0.25) is 0 Å². The van der Waals surface area contributed by atoms with Crippen LogP contribution in [0.15, 0.2) is 121 Å². The first kappa shape index (κ1) is 75.1. The molecule has 14 aliphatic rings. The Labute approximate surface area is 545 Å². The predicted molar refractivity (Wildman–Crippen MR) is 345 cm³/mol. The third-order valence-electron chi connectivity index (χ3n) is 15.1. The molecule has 10 heterocycles. The van der Waals surface area contributed by atoms with E-state index in [4.69, 9.17) is 94.7 Å². The van der Waals surface area contributed by atoms with Crippen molar-refractivity contribution in [3.63, 3.8) is 0 Å². The highest BCUT2D eigenvalue weighted by Crippen LogP contribution is 2.39. The summed E-state index contributed by atoms with van der Waals surface area (Å²) in [4.78, 5) is 0. The van der Waals surface area contributed by atoms with Gasteiger partial charge in [0.1, 0.15) is 146 Å². The summed E-state index contributed by atoms with van der Waals surface area (Å²) in [6.45, 7) is 27.5. The van der Waals surface area contributed by atoms with Gasteiger partial charge in [-0.15, -0.1) is 0 Å². The standard InChI is InChI=1S/C11H16O2.C9H14O2.C8H12O2.2C7H12O2.4C6H10O2.C5H8O2/c1-2-5-9-8(4-1)12-10-6-3-7-11(10)13-9;1-2-5-9-8(4-1)10-6-3-7-11-9;1-2-4-8-7(3-1)9-5-6-10-8;1-7(2)5-8-3-4-9-6-7;1-6-7(2)9-5-3-4-8-6;1-6-4-7-2-3-8-5-6;1-6-2-3-7-4-5-8-6;1-6-5-7-3-2-4-8-6;1-2-4-8-6-5-7-3-1;1-2-6-4-5-7-3-1/h8-9H,1-7H2;1-7H2;1-6H2;3-4H,5-6H2,1-2H3;3-5H2,1-2H3;2-3,6H,4-5H2,1H3;4-6H,2-3H2,1H3;5H,2-4H2,1H3;5-6H,1-4H2;4-5H,1-3H2. The van der Waals surface area contributed by atoms with Crippen LogP contribution < -0.4 is 0 Å². The maximum absolute atomic E-state index is 5.97. The molecule has 1 saturated carbocycles. The van der Waals surface area contributed by atoms with E-state index in [1.54, 1.807) is 68.9 Å². The second kappa shape index (κ2) is 48.2. The predicted octanol–water partition coefficient (Wildman–Crippen LogP) is 15.9. The maximum atomic E-state index is 5.97. The Kier molecular flexibility index (Phi) is 39.8. The van der Waals surface area contributed by atoms with Gasteiger partial charge in [-0.3, -0.25) is 0 Å². The average molecular weight is 1290 g/mol. The summed E-state index contributed by atoms with van der Waals surface area (Å²) in [6, 6.07) is 0. The molecule has 10 aliphatic heterocycles. The number of ether oxygens (including phenoxy) is 20. The van der Waals surface area contributed by atoms with E-state index in [9.17, 15) is 0 Å². The van der Waals surface area contributed by atoms with E-state index in [0.29, 0.717) is 24.2 Å². The fraction of sp³-hybridized carbons (Fsp3) is 0.718. The second-order valence-electron chi connectivity index (χ2n) is 24.2. The Hall–Kier alpha value is -6.60. The maximum Gasteiger partial charge on any atom is 0.135 e. The molecule has 3 atom stereocenters. The van der Waals surface area contributed by atoms with Crippen LogP contribution in [0.4, 0.5) is 0 Å². The van der Waals surface area contributed by atoms with E-state index in [1.165, 1.54) is 69.3 Å². The van der Waals surface area contributed by atoms with Crippen LogP contribution in [0.5, 0.6) is 0 Å². The number of rotatable bonds is 0. The van der Waals surface area contributed by atoms with Crippen molar-refractivity contribution >= 4 is 0 Å². The molecule has 0 radical (unpaired) electrons. The van der Waals surface area contributed by atoms with Gasteiger partial charge in [0.15, 0.2) is 0 Å². The highest BCUT2D eigenvalue weighted by atomic mass is 16.6. The van der Waals surface area contributed by atoms with Crippen LogP contribution in [-0.2, 0) is 94.7 Å². The molecule has 0 spiro atoms. The molecule has 14 rings (SSSR count). The van der Waals surface area contributed by atoms with Crippen LogP contribution in [0.3, 0.4) is 0 Å². The summed E-state index contributed by atoms with van der Waals surface area (Å²) in [5, 5.41) is 0. The van der Waals surface area contributed by atoms with E-state index >= 15 is 0 Å². The Morgan fingerprint density at radius 3 is 1.20 bits per heavy atom. The summed E-state index contributed by atoms with van der Waals surface area (Å²) in [5.41, 5.74) is 0.156. The van der Waals surface area contributed by atoms with Gasteiger partial charge in [0.05, 0.1) is 105 Å². The van der Waals surface area contributed by atoms with Crippen molar-refractivity contribution in [2.75, 3.05) is 112 Å². The summed E-state index contributed by atoms with van der Waals surface area (Å²) >= 11 is 0. The molecule has 0 bridgehead atoms. The zero-order valence-corrected chi connectivity index (χ0v) is 56.4. The number of allylic oxidation sites excluding steroid dienone is 9. The van der Waals surface area contributed by atoms with Crippen LogP contribution in [0.2, 0.25) is 0 Å². The Morgan fingerprint density at radius 1 is 0.319 bits per heavy atom. The minimum Gasteiger partial charge on any atom is -0.498 e. The molecule has 0 aromatic rings. The zero-order valence-electron chi connectivity index (χ0n) is 56.4. The van der Waals surface area contributed by atoms with Crippen molar-refractivity contribution in [1.29, 1.82) is 0 Å². The van der Waals surface area contributed by atoms with Gasteiger partial charge < -0.3 is 94.7 Å². The average Bonchev–Trinajstić information content (AvgIpc) is 2.11. The Morgan fingerprint density at radius 2 is 0.692 bits per heavy atom. The van der Waals surface area contributed by atoms with E-state index in [1.807, 2.05) is 27.7 Å². The lowest BCUT2D eigenvalue weighted by atomic mass is 9.94. The quantitative estimate of drug-likeness (QED) is 0.223. The van der Waals surface area contributed by atoms with E-state index in [2.05, 4.69) is 20.8 Å². The van der Waals surface area contributed by atoms with Gasteiger partial charge in [-0.25, -0.2) is 0 Å². The zero-order chi connectivity index (χ0) is 64.5. The molecule has 0 amide bonds. The molecule has 0 N–H and O–H groups in total. The van der Waals surface area contributed by atoms with Gasteiger partial charge >= 0.3 is 0 Å². The first-order valence-corrected chi connectivity index (χ1v) is 33.9. The van der Waals surface area contributed by atoms with Crippen LogP contribution in [0.25, 0.3) is 0 Å².